The first-order valence-corrected chi connectivity index (χ1v) is 9.76. The summed E-state index contributed by atoms with van der Waals surface area (Å²) in [5.41, 5.74) is -0.585. The lowest BCUT2D eigenvalue weighted by Gasteiger charge is -2.18. The number of ketones is 2. The molecule has 27 heavy (non-hydrogen) atoms. The third-order valence-corrected chi connectivity index (χ3v) is 3.66. The van der Waals surface area contributed by atoms with Crippen LogP contribution in [0.2, 0.25) is 0 Å². The molecule has 0 amide bonds. The van der Waals surface area contributed by atoms with Crippen molar-refractivity contribution in [2.24, 2.45) is 5.41 Å². The van der Waals surface area contributed by atoms with E-state index in [4.69, 9.17) is 4.74 Å². The second kappa shape index (κ2) is 9.82. The number of ether oxygens (including phenoxy) is 1. The zero-order chi connectivity index (χ0) is 20.1. The van der Waals surface area contributed by atoms with E-state index >= 15 is 0 Å². The average molecular weight is 421 g/mol. The van der Waals surface area contributed by atoms with Crippen LogP contribution in [0.5, 0.6) is 5.75 Å². The van der Waals surface area contributed by atoms with E-state index in [1.54, 1.807) is 20.8 Å². The molecule has 0 aromatic heterocycles. The van der Waals surface area contributed by atoms with Gasteiger partial charge in [-0.05, 0) is 45.9 Å². The molecule has 1 aromatic carbocycles. The minimum atomic E-state index is -3.65. The van der Waals surface area contributed by atoms with Crippen LogP contribution >= 0.6 is 12.4 Å². The van der Waals surface area contributed by atoms with Gasteiger partial charge >= 0.3 is 5.97 Å². The van der Waals surface area contributed by atoms with Gasteiger partial charge in [-0.25, -0.2) is 8.42 Å². The Bertz CT molecular complexity index is 815. The second-order valence-corrected chi connectivity index (χ2v) is 8.70. The van der Waals surface area contributed by atoms with E-state index in [0.29, 0.717) is 0 Å². The van der Waals surface area contributed by atoms with Gasteiger partial charge in [-0.2, -0.15) is 0 Å². The van der Waals surface area contributed by atoms with E-state index < -0.39 is 21.4 Å². The second-order valence-electron chi connectivity index (χ2n) is 6.95. The largest absolute Gasteiger partial charge is 0.424 e. The Morgan fingerprint density at radius 2 is 1.70 bits per heavy atom. The lowest BCUT2D eigenvalue weighted by molar-refractivity contribution is -0.142. The van der Waals surface area contributed by atoms with Crippen molar-refractivity contribution in [3.8, 4) is 5.75 Å². The molecule has 152 valence electrons. The molecule has 0 atom stereocenters. The van der Waals surface area contributed by atoms with Gasteiger partial charge in [0.05, 0.1) is 30.4 Å². The highest BCUT2D eigenvalue weighted by Gasteiger charge is 2.25. The number of rotatable bonds is 8. The summed E-state index contributed by atoms with van der Waals surface area (Å²) in [7, 11) is -3.65. The molecule has 0 spiro atoms. The average Bonchev–Trinajstić information content (AvgIpc) is 2.45. The van der Waals surface area contributed by atoms with Crippen molar-refractivity contribution in [1.82, 2.24) is 5.32 Å². The van der Waals surface area contributed by atoms with E-state index in [2.05, 4.69) is 10.0 Å². The fourth-order valence-electron chi connectivity index (χ4n) is 1.78. The van der Waals surface area contributed by atoms with Crippen LogP contribution in [0.4, 0.5) is 5.69 Å². The maximum atomic E-state index is 12.2. The van der Waals surface area contributed by atoms with Gasteiger partial charge in [0.15, 0.2) is 11.5 Å². The van der Waals surface area contributed by atoms with E-state index in [9.17, 15) is 22.8 Å². The minimum absolute atomic E-state index is 0. The monoisotopic (exact) mass is 420 g/mol. The molecule has 0 aliphatic carbocycles. The van der Waals surface area contributed by atoms with Crippen LogP contribution < -0.4 is 14.8 Å². The molecule has 0 saturated heterocycles. The lowest BCUT2D eigenvalue weighted by atomic mass is 9.97. The van der Waals surface area contributed by atoms with Gasteiger partial charge in [0, 0.05) is 5.56 Å². The van der Waals surface area contributed by atoms with Crippen molar-refractivity contribution < 1.29 is 27.5 Å². The molecular formula is C17H25ClN2O6S. The number of anilines is 1. The maximum Gasteiger partial charge on any atom is 0.316 e. The van der Waals surface area contributed by atoms with Crippen molar-refractivity contribution >= 4 is 45.7 Å². The number of halogens is 1. The van der Waals surface area contributed by atoms with Gasteiger partial charge in [0.25, 0.3) is 0 Å². The molecule has 0 fully saturated rings. The van der Waals surface area contributed by atoms with Gasteiger partial charge in [-0.15, -0.1) is 12.4 Å². The van der Waals surface area contributed by atoms with Gasteiger partial charge in [-0.3, -0.25) is 19.1 Å². The summed E-state index contributed by atoms with van der Waals surface area (Å²) in [5, 5.41) is 2.69. The first kappa shape index (κ1) is 25.0. The topological polar surface area (TPSA) is 119 Å². The molecule has 0 bridgehead atoms. The van der Waals surface area contributed by atoms with Crippen molar-refractivity contribution in [1.29, 1.82) is 0 Å². The van der Waals surface area contributed by atoms with E-state index in [-0.39, 0.29) is 54.1 Å². The molecule has 0 aliphatic heterocycles. The maximum absolute atomic E-state index is 12.2. The van der Waals surface area contributed by atoms with Crippen molar-refractivity contribution in [3.63, 3.8) is 0 Å². The highest BCUT2D eigenvalue weighted by Crippen LogP contribution is 2.29. The molecule has 10 heteroatoms. The van der Waals surface area contributed by atoms with E-state index in [1.165, 1.54) is 25.1 Å². The summed E-state index contributed by atoms with van der Waals surface area (Å²) in [6.07, 6.45) is 0.950. The number of benzene rings is 1. The van der Waals surface area contributed by atoms with Crippen LogP contribution in [0.3, 0.4) is 0 Å². The summed E-state index contributed by atoms with van der Waals surface area (Å²) < 4.78 is 30.7. The Hall–Kier alpha value is -1.97. The van der Waals surface area contributed by atoms with Crippen LogP contribution in [-0.4, -0.2) is 45.3 Å². The van der Waals surface area contributed by atoms with Crippen molar-refractivity contribution in [2.45, 2.75) is 27.7 Å². The summed E-state index contributed by atoms with van der Waals surface area (Å²) >= 11 is 0. The number of Topliss-reactive ketones (excluding diaryl/α,β-unsaturated/α-hetero) is 2. The number of nitrogens with one attached hydrogen (secondary N) is 2. The molecule has 8 nitrogen and oxygen atoms in total. The molecule has 0 saturated carbocycles. The molecule has 2 N–H and O–H groups in total. The zero-order valence-electron chi connectivity index (χ0n) is 15.9. The Morgan fingerprint density at radius 1 is 1.11 bits per heavy atom. The van der Waals surface area contributed by atoms with Crippen LogP contribution in [0.15, 0.2) is 18.2 Å². The first-order valence-electron chi connectivity index (χ1n) is 7.87. The number of sulfonamides is 1. The SMILES string of the molecule is CC(=O)CNCC(=O)c1ccc(OC(=O)C(C)(C)C)c(NS(C)(=O)=O)c1.Cl. The van der Waals surface area contributed by atoms with Crippen LogP contribution in [0.25, 0.3) is 0 Å². The standard InChI is InChI=1S/C17H24N2O6S.ClH/c1-11(20)9-18-10-14(21)12-6-7-15(25-16(22)17(2,3)4)13(8-12)19-26(5,23)24;/h6-8,18-19H,9-10H2,1-5H3;1H. The van der Waals surface area contributed by atoms with Gasteiger partial charge < -0.3 is 10.1 Å². The third kappa shape index (κ3) is 8.98. The van der Waals surface area contributed by atoms with Crippen molar-refractivity contribution in [2.75, 3.05) is 24.1 Å². The first-order chi connectivity index (χ1) is 11.8. The lowest BCUT2D eigenvalue weighted by Crippen LogP contribution is -2.28. The number of hydrogen-bond acceptors (Lipinski definition) is 7. The number of carbonyl (C=O) groups is 3. The molecule has 0 aliphatic rings. The Morgan fingerprint density at radius 3 is 2.19 bits per heavy atom. The van der Waals surface area contributed by atoms with Gasteiger partial charge in [0.2, 0.25) is 10.0 Å². The highest BCUT2D eigenvalue weighted by atomic mass is 35.5. The molecule has 0 heterocycles. The van der Waals surface area contributed by atoms with Crippen molar-refractivity contribution in [3.05, 3.63) is 23.8 Å². The fraction of sp³-hybridized carbons (Fsp3) is 0.471. The molecule has 0 radical (unpaired) electrons. The quantitative estimate of drug-likeness (QED) is 0.374. The van der Waals surface area contributed by atoms with Crippen LogP contribution in [0, 0.1) is 5.41 Å². The molecule has 0 unspecified atom stereocenters. The number of esters is 1. The van der Waals surface area contributed by atoms with Gasteiger partial charge in [0.1, 0.15) is 5.78 Å². The van der Waals surface area contributed by atoms with Crippen LogP contribution in [0.1, 0.15) is 38.1 Å². The Kier molecular flexibility index (Phi) is 9.10. The fourth-order valence-corrected chi connectivity index (χ4v) is 2.34. The summed E-state index contributed by atoms with van der Waals surface area (Å²) in [6, 6.07) is 4.08. The highest BCUT2D eigenvalue weighted by molar-refractivity contribution is 7.92. The summed E-state index contributed by atoms with van der Waals surface area (Å²) in [4.78, 5) is 35.1. The normalized spacial score (nSPS) is 11.3. The predicted molar refractivity (Wildman–Crippen MR) is 105 cm³/mol. The summed E-state index contributed by atoms with van der Waals surface area (Å²) in [6.45, 7) is 6.36. The Labute approximate surface area is 165 Å². The van der Waals surface area contributed by atoms with Crippen LogP contribution in [-0.2, 0) is 19.6 Å². The Balaban J connectivity index is 0.00000676. The smallest absolute Gasteiger partial charge is 0.316 e. The van der Waals surface area contributed by atoms with E-state index in [1.807, 2.05) is 0 Å². The zero-order valence-corrected chi connectivity index (χ0v) is 17.5. The number of carbonyl (C=O) groups excluding carboxylic acids is 3. The number of hydrogen-bond donors (Lipinski definition) is 2. The third-order valence-electron chi connectivity index (χ3n) is 3.07. The molecule has 1 aromatic rings. The van der Waals surface area contributed by atoms with Gasteiger partial charge in [-0.1, -0.05) is 0 Å². The molecular weight excluding hydrogens is 396 g/mol. The predicted octanol–water partition coefficient (Wildman–Crippen LogP) is 1.79. The minimum Gasteiger partial charge on any atom is -0.424 e. The molecule has 1 rings (SSSR count). The summed E-state index contributed by atoms with van der Waals surface area (Å²) in [5.74, 6) is -0.988. The van der Waals surface area contributed by atoms with E-state index in [0.717, 1.165) is 6.26 Å².